The number of nitriles is 1. The second-order valence-corrected chi connectivity index (χ2v) is 3.51. The van der Waals surface area contributed by atoms with E-state index in [-0.39, 0.29) is 5.69 Å². The maximum absolute atomic E-state index is 10.7. The number of nitro benzene ring substituents is 1. The summed E-state index contributed by atoms with van der Waals surface area (Å²) in [6.45, 7) is 3.32. The molecule has 0 saturated carbocycles. The predicted molar refractivity (Wildman–Crippen MR) is 51.7 cm³/mol. The molecule has 0 aliphatic carbocycles. The van der Waals surface area contributed by atoms with E-state index in [4.69, 9.17) is 5.26 Å². The molecule has 4 heteroatoms. The third-order valence-corrected chi connectivity index (χ3v) is 2.05. The van der Waals surface area contributed by atoms with Crippen LogP contribution in [0, 0.1) is 21.4 Å². The monoisotopic (exact) mass is 190 g/mol. The summed E-state index contributed by atoms with van der Waals surface area (Å²) in [7, 11) is 0. The summed E-state index contributed by atoms with van der Waals surface area (Å²) in [6.07, 6.45) is 0. The number of para-hydroxylation sites is 1. The lowest BCUT2D eigenvalue weighted by Crippen LogP contribution is -2.15. The lowest BCUT2D eigenvalue weighted by atomic mass is 9.85. The van der Waals surface area contributed by atoms with Crippen LogP contribution >= 0.6 is 0 Å². The van der Waals surface area contributed by atoms with Gasteiger partial charge in [0.2, 0.25) is 0 Å². The van der Waals surface area contributed by atoms with E-state index in [0.29, 0.717) is 5.56 Å². The lowest BCUT2D eigenvalue weighted by molar-refractivity contribution is -0.385. The molecule has 0 amide bonds. The Labute approximate surface area is 81.9 Å². The number of nitro groups is 1. The van der Waals surface area contributed by atoms with Crippen LogP contribution in [0.4, 0.5) is 5.69 Å². The highest BCUT2D eigenvalue weighted by atomic mass is 16.6. The highest BCUT2D eigenvalue weighted by Crippen LogP contribution is 2.30. The molecule has 72 valence electrons. The molecule has 0 radical (unpaired) electrons. The molecule has 1 aromatic rings. The Kier molecular flexibility index (Phi) is 2.52. The summed E-state index contributed by atoms with van der Waals surface area (Å²) >= 11 is 0. The van der Waals surface area contributed by atoms with Crippen molar-refractivity contribution >= 4 is 5.69 Å². The average Bonchev–Trinajstić information content (AvgIpc) is 2.18. The van der Waals surface area contributed by atoms with Gasteiger partial charge >= 0.3 is 0 Å². The Morgan fingerprint density at radius 1 is 1.43 bits per heavy atom. The maximum atomic E-state index is 10.7. The van der Waals surface area contributed by atoms with E-state index >= 15 is 0 Å². The fourth-order valence-corrected chi connectivity index (χ4v) is 1.22. The molecule has 0 fully saturated rings. The highest BCUT2D eigenvalue weighted by Gasteiger charge is 2.27. The van der Waals surface area contributed by atoms with Gasteiger partial charge in [-0.1, -0.05) is 18.2 Å². The van der Waals surface area contributed by atoms with Crippen LogP contribution in [0.2, 0.25) is 0 Å². The standard InChI is InChI=1S/C10H10N2O2/c1-10(2,7-11)8-5-3-4-6-9(8)12(13)14/h3-6H,1-2H3. The van der Waals surface area contributed by atoms with E-state index < -0.39 is 10.3 Å². The second-order valence-electron chi connectivity index (χ2n) is 3.51. The van der Waals surface area contributed by atoms with Crippen molar-refractivity contribution in [1.29, 1.82) is 5.26 Å². The number of hydrogen-bond acceptors (Lipinski definition) is 3. The molecule has 0 aliphatic heterocycles. The fourth-order valence-electron chi connectivity index (χ4n) is 1.22. The first kappa shape index (κ1) is 10.2. The molecule has 0 bridgehead atoms. The van der Waals surface area contributed by atoms with Gasteiger partial charge in [0.05, 0.1) is 16.4 Å². The zero-order valence-electron chi connectivity index (χ0n) is 8.02. The number of benzene rings is 1. The predicted octanol–water partition coefficient (Wildman–Crippen LogP) is 2.40. The van der Waals surface area contributed by atoms with Crippen molar-refractivity contribution in [2.24, 2.45) is 0 Å². The van der Waals surface area contributed by atoms with Crippen molar-refractivity contribution in [3.8, 4) is 6.07 Å². The molecular formula is C10H10N2O2. The normalized spacial score (nSPS) is 10.6. The van der Waals surface area contributed by atoms with Gasteiger partial charge in [0, 0.05) is 11.6 Å². The largest absolute Gasteiger partial charge is 0.274 e. The summed E-state index contributed by atoms with van der Waals surface area (Å²) in [5, 5.41) is 19.6. The van der Waals surface area contributed by atoms with Crippen molar-refractivity contribution in [3.05, 3.63) is 39.9 Å². The van der Waals surface area contributed by atoms with Crippen molar-refractivity contribution in [2.75, 3.05) is 0 Å². The Morgan fingerprint density at radius 3 is 2.50 bits per heavy atom. The Hall–Kier alpha value is -1.89. The van der Waals surface area contributed by atoms with Crippen LogP contribution in [0.1, 0.15) is 19.4 Å². The molecule has 4 nitrogen and oxygen atoms in total. The minimum Gasteiger partial charge on any atom is -0.258 e. The summed E-state index contributed by atoms with van der Waals surface area (Å²) in [4.78, 5) is 10.2. The summed E-state index contributed by atoms with van der Waals surface area (Å²) in [6, 6.07) is 8.36. The first-order valence-corrected chi connectivity index (χ1v) is 4.14. The van der Waals surface area contributed by atoms with Crippen LogP contribution in [-0.2, 0) is 5.41 Å². The van der Waals surface area contributed by atoms with Crippen molar-refractivity contribution in [1.82, 2.24) is 0 Å². The first-order valence-electron chi connectivity index (χ1n) is 4.14. The summed E-state index contributed by atoms with van der Waals surface area (Å²) in [5.74, 6) is 0. The molecule has 0 heterocycles. The van der Waals surface area contributed by atoms with Crippen molar-refractivity contribution in [2.45, 2.75) is 19.3 Å². The van der Waals surface area contributed by atoms with Crippen molar-refractivity contribution in [3.63, 3.8) is 0 Å². The van der Waals surface area contributed by atoms with E-state index in [0.717, 1.165) is 0 Å². The van der Waals surface area contributed by atoms with Gasteiger partial charge in [-0.25, -0.2) is 0 Å². The average molecular weight is 190 g/mol. The zero-order chi connectivity index (χ0) is 10.8. The Balaban J connectivity index is 3.36. The van der Waals surface area contributed by atoms with Crippen LogP contribution in [-0.4, -0.2) is 4.92 Å². The van der Waals surface area contributed by atoms with Crippen LogP contribution in [0.25, 0.3) is 0 Å². The van der Waals surface area contributed by atoms with Gasteiger partial charge in [0.15, 0.2) is 0 Å². The van der Waals surface area contributed by atoms with Gasteiger partial charge in [-0.15, -0.1) is 0 Å². The summed E-state index contributed by atoms with van der Waals surface area (Å²) < 4.78 is 0. The topological polar surface area (TPSA) is 66.9 Å². The van der Waals surface area contributed by atoms with E-state index in [1.54, 1.807) is 32.0 Å². The van der Waals surface area contributed by atoms with Gasteiger partial charge in [0.25, 0.3) is 5.69 Å². The molecule has 0 aliphatic rings. The van der Waals surface area contributed by atoms with Gasteiger partial charge in [0.1, 0.15) is 0 Å². The molecule has 0 spiro atoms. The third-order valence-electron chi connectivity index (χ3n) is 2.05. The van der Waals surface area contributed by atoms with E-state index in [1.807, 2.05) is 6.07 Å². The van der Waals surface area contributed by atoms with Crippen molar-refractivity contribution < 1.29 is 4.92 Å². The number of rotatable bonds is 2. The zero-order valence-corrected chi connectivity index (χ0v) is 8.02. The second kappa shape index (κ2) is 3.46. The molecule has 0 unspecified atom stereocenters. The Morgan fingerprint density at radius 2 is 2.00 bits per heavy atom. The molecule has 1 rings (SSSR count). The molecule has 0 aromatic heterocycles. The molecule has 0 atom stereocenters. The minimum atomic E-state index is -0.830. The van der Waals surface area contributed by atoms with Gasteiger partial charge in [-0.3, -0.25) is 10.1 Å². The van der Waals surface area contributed by atoms with Crippen LogP contribution in [0.3, 0.4) is 0 Å². The van der Waals surface area contributed by atoms with E-state index in [2.05, 4.69) is 0 Å². The molecule has 14 heavy (non-hydrogen) atoms. The van der Waals surface area contributed by atoms with E-state index in [1.165, 1.54) is 6.07 Å². The summed E-state index contributed by atoms with van der Waals surface area (Å²) in [5.41, 5.74) is -0.379. The quantitative estimate of drug-likeness (QED) is 0.531. The van der Waals surface area contributed by atoms with Gasteiger partial charge < -0.3 is 0 Å². The highest BCUT2D eigenvalue weighted by molar-refractivity contribution is 5.47. The van der Waals surface area contributed by atoms with Crippen LogP contribution in [0.15, 0.2) is 24.3 Å². The first-order chi connectivity index (χ1) is 6.49. The molecule has 0 N–H and O–H groups in total. The number of hydrogen-bond donors (Lipinski definition) is 0. The van der Waals surface area contributed by atoms with Crippen LogP contribution in [0.5, 0.6) is 0 Å². The molecular weight excluding hydrogens is 180 g/mol. The molecule has 0 saturated heterocycles. The SMILES string of the molecule is CC(C)(C#N)c1ccccc1[N+](=O)[O-]. The maximum Gasteiger partial charge on any atom is 0.274 e. The van der Waals surface area contributed by atoms with Crippen LogP contribution < -0.4 is 0 Å². The number of nitrogens with zero attached hydrogens (tertiary/aromatic N) is 2. The van der Waals surface area contributed by atoms with Gasteiger partial charge in [-0.2, -0.15) is 5.26 Å². The van der Waals surface area contributed by atoms with E-state index in [9.17, 15) is 10.1 Å². The Bertz CT molecular complexity index is 405. The fraction of sp³-hybridized carbons (Fsp3) is 0.300. The third kappa shape index (κ3) is 1.72. The lowest BCUT2D eigenvalue weighted by Gasteiger charge is -2.14. The minimum absolute atomic E-state index is 0.000880. The molecule has 1 aromatic carbocycles. The van der Waals surface area contributed by atoms with Gasteiger partial charge in [-0.05, 0) is 13.8 Å². The smallest absolute Gasteiger partial charge is 0.258 e.